The minimum atomic E-state index is -4.14. The van der Waals surface area contributed by atoms with Crippen LogP contribution in [-0.2, 0) is 10.1 Å². The summed E-state index contributed by atoms with van der Waals surface area (Å²) in [5.74, 6) is -0.690. The van der Waals surface area contributed by atoms with Crippen LogP contribution in [0.1, 0.15) is 19.8 Å². The molecule has 0 spiro atoms. The van der Waals surface area contributed by atoms with Crippen molar-refractivity contribution in [2.45, 2.75) is 31.9 Å². The van der Waals surface area contributed by atoms with E-state index in [0.29, 0.717) is 0 Å². The second kappa shape index (κ2) is 7.13. The van der Waals surface area contributed by atoms with Gasteiger partial charge in [-0.3, -0.25) is 4.55 Å². The maximum absolute atomic E-state index is 10.4. The SMILES string of the molecule is CCC[C@@H](CO)NCC(O)CS(=O)(=O)O. The summed E-state index contributed by atoms with van der Waals surface area (Å²) >= 11 is 0. The van der Waals surface area contributed by atoms with E-state index in [0.717, 1.165) is 12.8 Å². The molecule has 4 N–H and O–H groups in total. The van der Waals surface area contributed by atoms with Gasteiger partial charge in [0, 0.05) is 12.6 Å². The van der Waals surface area contributed by atoms with Gasteiger partial charge in [-0.2, -0.15) is 8.42 Å². The van der Waals surface area contributed by atoms with Gasteiger partial charge in [0.05, 0.1) is 12.7 Å². The van der Waals surface area contributed by atoms with Crippen LogP contribution in [0.2, 0.25) is 0 Å². The third-order valence-corrected chi connectivity index (χ3v) is 2.71. The Morgan fingerprint density at radius 3 is 2.40 bits per heavy atom. The molecule has 0 saturated carbocycles. The summed E-state index contributed by atoms with van der Waals surface area (Å²) in [4.78, 5) is 0. The van der Waals surface area contributed by atoms with Crippen molar-refractivity contribution >= 4 is 10.1 Å². The quantitative estimate of drug-likeness (QED) is 0.405. The molecular formula is C8H19NO5S. The molecule has 0 rings (SSSR count). The molecular weight excluding hydrogens is 222 g/mol. The van der Waals surface area contributed by atoms with Crippen LogP contribution in [-0.4, -0.2) is 54.2 Å². The van der Waals surface area contributed by atoms with Gasteiger partial charge in [0.2, 0.25) is 0 Å². The van der Waals surface area contributed by atoms with E-state index < -0.39 is 22.0 Å². The molecule has 92 valence electrons. The van der Waals surface area contributed by atoms with Crippen molar-refractivity contribution in [1.29, 1.82) is 0 Å². The zero-order valence-corrected chi connectivity index (χ0v) is 9.57. The third-order valence-electron chi connectivity index (χ3n) is 1.90. The molecule has 0 bridgehead atoms. The van der Waals surface area contributed by atoms with Crippen LogP contribution in [0.5, 0.6) is 0 Å². The van der Waals surface area contributed by atoms with Gasteiger partial charge in [0.15, 0.2) is 0 Å². The van der Waals surface area contributed by atoms with Gasteiger partial charge in [-0.15, -0.1) is 0 Å². The summed E-state index contributed by atoms with van der Waals surface area (Å²) in [5, 5.41) is 20.9. The topological polar surface area (TPSA) is 107 Å². The van der Waals surface area contributed by atoms with Crippen LogP contribution >= 0.6 is 0 Å². The average Bonchev–Trinajstić information content (AvgIpc) is 2.09. The van der Waals surface area contributed by atoms with E-state index in [9.17, 15) is 13.5 Å². The molecule has 6 nitrogen and oxygen atoms in total. The summed E-state index contributed by atoms with van der Waals surface area (Å²) in [5.41, 5.74) is 0. The summed E-state index contributed by atoms with van der Waals surface area (Å²) < 4.78 is 29.2. The number of rotatable bonds is 8. The highest BCUT2D eigenvalue weighted by atomic mass is 32.2. The van der Waals surface area contributed by atoms with Crippen molar-refractivity contribution in [2.24, 2.45) is 0 Å². The standard InChI is InChI=1S/C8H19NO5S/c1-2-3-7(5-10)9-4-8(11)6-15(12,13)14/h7-11H,2-6H2,1H3,(H,12,13,14)/t7-,8?/m0/s1. The van der Waals surface area contributed by atoms with E-state index in [4.69, 9.17) is 9.66 Å². The molecule has 0 aromatic carbocycles. The summed E-state index contributed by atoms with van der Waals surface area (Å²) in [6.45, 7) is 1.93. The molecule has 7 heteroatoms. The smallest absolute Gasteiger partial charge is 0.267 e. The van der Waals surface area contributed by atoms with Gasteiger partial charge < -0.3 is 15.5 Å². The highest BCUT2D eigenvalue weighted by Crippen LogP contribution is 1.96. The monoisotopic (exact) mass is 241 g/mol. The summed E-state index contributed by atoms with van der Waals surface area (Å²) in [6.07, 6.45) is 0.466. The van der Waals surface area contributed by atoms with E-state index >= 15 is 0 Å². The molecule has 15 heavy (non-hydrogen) atoms. The predicted octanol–water partition coefficient (Wildman–Crippen LogP) is -1.01. The van der Waals surface area contributed by atoms with Crippen LogP contribution in [0.15, 0.2) is 0 Å². The maximum atomic E-state index is 10.4. The van der Waals surface area contributed by atoms with Crippen molar-refractivity contribution < 1.29 is 23.2 Å². The highest BCUT2D eigenvalue weighted by molar-refractivity contribution is 7.85. The molecule has 0 aromatic rings. The first-order valence-electron chi connectivity index (χ1n) is 4.86. The molecule has 0 saturated heterocycles. The Kier molecular flexibility index (Phi) is 7.03. The highest BCUT2D eigenvalue weighted by Gasteiger charge is 2.15. The maximum Gasteiger partial charge on any atom is 0.267 e. The fourth-order valence-electron chi connectivity index (χ4n) is 1.21. The number of nitrogens with one attached hydrogen (secondary N) is 1. The van der Waals surface area contributed by atoms with Crippen LogP contribution in [0, 0.1) is 0 Å². The Hall–Kier alpha value is -0.210. The summed E-state index contributed by atoms with van der Waals surface area (Å²) in [7, 11) is -4.14. The molecule has 2 atom stereocenters. The molecule has 0 aromatic heterocycles. The van der Waals surface area contributed by atoms with Crippen LogP contribution < -0.4 is 5.32 Å². The number of aliphatic hydroxyl groups is 2. The average molecular weight is 241 g/mol. The molecule has 1 unspecified atom stereocenters. The van der Waals surface area contributed by atoms with E-state index in [-0.39, 0.29) is 19.2 Å². The zero-order chi connectivity index (χ0) is 11.9. The first kappa shape index (κ1) is 14.8. The Morgan fingerprint density at radius 1 is 1.40 bits per heavy atom. The first-order valence-corrected chi connectivity index (χ1v) is 6.47. The van der Waals surface area contributed by atoms with Crippen LogP contribution in [0.3, 0.4) is 0 Å². The summed E-state index contributed by atoms with van der Waals surface area (Å²) in [6, 6.07) is -0.147. The van der Waals surface area contributed by atoms with E-state index in [2.05, 4.69) is 5.32 Å². The van der Waals surface area contributed by atoms with Crippen molar-refractivity contribution in [3.63, 3.8) is 0 Å². The minimum absolute atomic E-state index is 0.0328. The van der Waals surface area contributed by atoms with Gasteiger partial charge in [-0.05, 0) is 6.42 Å². The Balaban J connectivity index is 3.82. The second-order valence-electron chi connectivity index (χ2n) is 3.48. The minimum Gasteiger partial charge on any atom is -0.395 e. The molecule has 0 aliphatic carbocycles. The van der Waals surface area contributed by atoms with Crippen molar-refractivity contribution in [3.8, 4) is 0 Å². The fraction of sp³-hybridized carbons (Fsp3) is 1.00. The number of hydrogen-bond acceptors (Lipinski definition) is 5. The van der Waals surface area contributed by atoms with Gasteiger partial charge in [-0.25, -0.2) is 0 Å². The van der Waals surface area contributed by atoms with Crippen molar-refractivity contribution in [1.82, 2.24) is 5.32 Å². The molecule has 0 fully saturated rings. The molecule has 0 radical (unpaired) electrons. The third kappa shape index (κ3) is 8.76. The van der Waals surface area contributed by atoms with Crippen molar-refractivity contribution in [3.05, 3.63) is 0 Å². The van der Waals surface area contributed by atoms with Gasteiger partial charge in [-0.1, -0.05) is 13.3 Å². The molecule has 0 aliphatic heterocycles. The van der Waals surface area contributed by atoms with Gasteiger partial charge in [0.1, 0.15) is 5.75 Å². The lowest BCUT2D eigenvalue weighted by Gasteiger charge is -2.17. The lowest BCUT2D eigenvalue weighted by atomic mass is 10.2. The Labute approximate surface area is 90.1 Å². The van der Waals surface area contributed by atoms with Gasteiger partial charge >= 0.3 is 0 Å². The predicted molar refractivity (Wildman–Crippen MR) is 56.2 cm³/mol. The normalized spacial score (nSPS) is 16.3. The largest absolute Gasteiger partial charge is 0.395 e. The number of hydrogen-bond donors (Lipinski definition) is 4. The first-order chi connectivity index (χ1) is 6.89. The lowest BCUT2D eigenvalue weighted by molar-refractivity contribution is 0.170. The Morgan fingerprint density at radius 2 is 2.00 bits per heavy atom. The molecule has 0 aliphatic rings. The Bertz CT molecular complexity index is 254. The van der Waals surface area contributed by atoms with Crippen molar-refractivity contribution in [2.75, 3.05) is 18.9 Å². The van der Waals surface area contributed by atoms with Gasteiger partial charge in [0.25, 0.3) is 10.1 Å². The van der Waals surface area contributed by atoms with Crippen LogP contribution in [0.25, 0.3) is 0 Å². The zero-order valence-electron chi connectivity index (χ0n) is 8.76. The lowest BCUT2D eigenvalue weighted by Crippen LogP contribution is -2.40. The van der Waals surface area contributed by atoms with E-state index in [1.807, 2.05) is 6.92 Å². The van der Waals surface area contributed by atoms with E-state index in [1.165, 1.54) is 0 Å². The molecule has 0 amide bonds. The fourth-order valence-corrected chi connectivity index (χ4v) is 1.82. The second-order valence-corrected chi connectivity index (χ2v) is 4.98. The van der Waals surface area contributed by atoms with E-state index in [1.54, 1.807) is 0 Å². The molecule has 0 heterocycles. The van der Waals surface area contributed by atoms with Crippen LogP contribution in [0.4, 0.5) is 0 Å². The number of aliphatic hydroxyl groups excluding tert-OH is 2.